The van der Waals surface area contributed by atoms with Gasteiger partial charge in [-0.1, -0.05) is 6.58 Å². The second kappa shape index (κ2) is 2.52. The van der Waals surface area contributed by atoms with Gasteiger partial charge in [0.2, 0.25) is 5.91 Å². The minimum absolute atomic E-state index is 0.238. The van der Waals surface area contributed by atoms with Crippen molar-refractivity contribution in [1.82, 2.24) is 4.90 Å². The number of carbonyl (C=O) groups excluding carboxylic acids is 1. The first-order valence-electron chi connectivity index (χ1n) is 4.09. The summed E-state index contributed by atoms with van der Waals surface area (Å²) in [7, 11) is 0. The Morgan fingerprint density at radius 3 is 2.79 bits per heavy atom. The number of hydrogen-bond acceptors (Lipinski definition) is 4. The van der Waals surface area contributed by atoms with Gasteiger partial charge in [-0.2, -0.15) is 0 Å². The number of fused-ring (bicyclic) bond motifs is 1. The van der Waals surface area contributed by atoms with Crippen molar-refractivity contribution in [3.63, 3.8) is 0 Å². The van der Waals surface area contributed by atoms with Crippen molar-refractivity contribution in [2.75, 3.05) is 0 Å². The first-order chi connectivity index (χ1) is 6.39. The van der Waals surface area contributed by atoms with E-state index in [2.05, 4.69) is 6.58 Å². The normalized spacial score (nSPS) is 40.9. The predicted octanol–water partition coefficient (Wildman–Crippen LogP) is -0.414. The van der Waals surface area contributed by atoms with Crippen LogP contribution in [-0.4, -0.2) is 38.0 Å². The van der Waals surface area contributed by atoms with Crippen molar-refractivity contribution in [3.8, 4) is 0 Å². The van der Waals surface area contributed by atoms with Crippen LogP contribution in [0.3, 0.4) is 0 Å². The number of aliphatic carboxylic acids is 1. The van der Waals surface area contributed by atoms with Gasteiger partial charge in [0.25, 0.3) is 0 Å². The SMILES string of the molecule is C=C1N2C(=O)C(N)[C@H]2SC1(C)C(=O)O. The molecule has 1 amide bonds. The van der Waals surface area contributed by atoms with Gasteiger partial charge >= 0.3 is 5.97 Å². The molecule has 0 aromatic rings. The van der Waals surface area contributed by atoms with Crippen LogP contribution < -0.4 is 5.73 Å². The van der Waals surface area contributed by atoms with E-state index in [1.54, 1.807) is 6.92 Å². The monoisotopic (exact) mass is 214 g/mol. The molecular formula is C8H10N2O3S. The number of β-lactam (4-membered cyclic amide) rings is 1. The summed E-state index contributed by atoms with van der Waals surface area (Å²) in [4.78, 5) is 23.7. The average molecular weight is 214 g/mol. The number of nitrogens with two attached hydrogens (primary N) is 1. The maximum atomic E-state index is 11.3. The van der Waals surface area contributed by atoms with Crippen molar-refractivity contribution < 1.29 is 14.7 Å². The van der Waals surface area contributed by atoms with Crippen LogP contribution in [-0.2, 0) is 9.59 Å². The van der Waals surface area contributed by atoms with Gasteiger partial charge in [0, 0.05) is 5.70 Å². The summed E-state index contributed by atoms with van der Waals surface area (Å²) in [6.07, 6.45) is 0. The van der Waals surface area contributed by atoms with E-state index in [1.165, 1.54) is 16.7 Å². The summed E-state index contributed by atoms with van der Waals surface area (Å²) in [6, 6.07) is -0.585. The van der Waals surface area contributed by atoms with Crippen molar-refractivity contribution in [2.24, 2.45) is 5.73 Å². The molecule has 3 N–H and O–H groups in total. The third-order valence-electron chi connectivity index (χ3n) is 2.69. The number of hydrogen-bond donors (Lipinski definition) is 2. The molecule has 0 bridgehead atoms. The van der Waals surface area contributed by atoms with Gasteiger partial charge in [0.1, 0.15) is 11.4 Å². The van der Waals surface area contributed by atoms with E-state index >= 15 is 0 Å². The third-order valence-corrected chi connectivity index (χ3v) is 4.32. The van der Waals surface area contributed by atoms with Crippen molar-refractivity contribution in [2.45, 2.75) is 23.1 Å². The lowest BCUT2D eigenvalue weighted by Gasteiger charge is -2.39. The lowest BCUT2D eigenvalue weighted by molar-refractivity contribution is -0.142. The summed E-state index contributed by atoms with van der Waals surface area (Å²) < 4.78 is -1.12. The van der Waals surface area contributed by atoms with E-state index < -0.39 is 16.8 Å². The Labute approximate surface area is 84.9 Å². The predicted molar refractivity (Wildman–Crippen MR) is 51.4 cm³/mol. The number of carbonyl (C=O) groups is 2. The van der Waals surface area contributed by atoms with E-state index in [0.29, 0.717) is 5.70 Å². The Kier molecular flexibility index (Phi) is 1.71. The Bertz CT molecular complexity index is 354. The van der Waals surface area contributed by atoms with E-state index in [-0.39, 0.29) is 11.3 Å². The molecule has 0 aliphatic carbocycles. The van der Waals surface area contributed by atoms with Crippen molar-refractivity contribution in [3.05, 3.63) is 12.3 Å². The maximum Gasteiger partial charge on any atom is 0.325 e. The fourth-order valence-corrected chi connectivity index (χ4v) is 3.03. The number of amides is 1. The molecule has 14 heavy (non-hydrogen) atoms. The molecule has 2 fully saturated rings. The topological polar surface area (TPSA) is 83.6 Å². The Balaban J connectivity index is 2.34. The van der Waals surface area contributed by atoms with Gasteiger partial charge < -0.3 is 10.8 Å². The van der Waals surface area contributed by atoms with Gasteiger partial charge in [0.15, 0.2) is 4.75 Å². The zero-order chi connectivity index (χ0) is 10.7. The number of thioether (sulfide) groups is 1. The molecule has 2 rings (SSSR count). The van der Waals surface area contributed by atoms with Crippen LogP contribution >= 0.6 is 11.8 Å². The number of rotatable bonds is 1. The first-order valence-corrected chi connectivity index (χ1v) is 4.97. The van der Waals surface area contributed by atoms with Gasteiger partial charge in [-0.05, 0) is 6.92 Å². The van der Waals surface area contributed by atoms with Crippen LogP contribution in [0.5, 0.6) is 0 Å². The van der Waals surface area contributed by atoms with E-state index in [4.69, 9.17) is 10.8 Å². The second-order valence-electron chi connectivity index (χ2n) is 3.53. The largest absolute Gasteiger partial charge is 0.480 e. The summed E-state index contributed by atoms with van der Waals surface area (Å²) in [5.74, 6) is -1.22. The van der Waals surface area contributed by atoms with Crippen LogP contribution in [0.2, 0.25) is 0 Å². The zero-order valence-corrected chi connectivity index (χ0v) is 8.37. The number of nitrogens with zero attached hydrogens (tertiary/aromatic N) is 1. The van der Waals surface area contributed by atoms with Crippen LogP contribution in [0.15, 0.2) is 12.3 Å². The highest BCUT2D eigenvalue weighted by molar-refractivity contribution is 8.02. The van der Waals surface area contributed by atoms with Crippen LogP contribution in [0, 0.1) is 0 Å². The van der Waals surface area contributed by atoms with Crippen molar-refractivity contribution in [1.29, 1.82) is 0 Å². The lowest BCUT2D eigenvalue weighted by atomic mass is 10.0. The van der Waals surface area contributed by atoms with Gasteiger partial charge in [0.05, 0.1) is 0 Å². The molecule has 76 valence electrons. The van der Waals surface area contributed by atoms with Crippen LogP contribution in [0.4, 0.5) is 0 Å². The molecule has 0 aromatic heterocycles. The first kappa shape index (κ1) is 9.54. The van der Waals surface area contributed by atoms with Crippen LogP contribution in [0.1, 0.15) is 6.92 Å². The minimum atomic E-state index is -1.12. The molecular weight excluding hydrogens is 204 g/mol. The summed E-state index contributed by atoms with van der Waals surface area (Å²) in [6.45, 7) is 5.19. The molecule has 5 nitrogen and oxygen atoms in total. The standard InChI is InChI=1S/C8H10N2O3S/c1-3-8(2,7(12)13)14-6-4(9)5(11)10(3)6/h4,6H,1,9H2,2H3,(H,12,13)/t4?,6-,8?/m1/s1. The quantitative estimate of drug-likeness (QED) is 0.579. The Hall–Kier alpha value is -1.01. The minimum Gasteiger partial charge on any atom is -0.480 e. The Morgan fingerprint density at radius 2 is 2.36 bits per heavy atom. The molecule has 0 radical (unpaired) electrons. The van der Waals surface area contributed by atoms with Crippen LogP contribution in [0.25, 0.3) is 0 Å². The van der Waals surface area contributed by atoms with E-state index in [0.717, 1.165) is 0 Å². The fourth-order valence-electron chi connectivity index (χ4n) is 1.61. The fraction of sp³-hybridized carbons (Fsp3) is 0.500. The lowest BCUT2D eigenvalue weighted by Crippen LogP contribution is -2.64. The molecule has 3 atom stereocenters. The summed E-state index contributed by atoms with van der Waals surface area (Å²) in [5.41, 5.74) is 5.87. The molecule has 0 saturated carbocycles. The summed E-state index contributed by atoms with van der Waals surface area (Å²) in [5, 5.41) is 8.76. The van der Waals surface area contributed by atoms with Crippen molar-refractivity contribution >= 4 is 23.6 Å². The number of carboxylic acids is 1. The highest BCUT2D eigenvalue weighted by Crippen LogP contribution is 2.52. The third kappa shape index (κ3) is 0.847. The smallest absolute Gasteiger partial charge is 0.325 e. The van der Waals surface area contributed by atoms with Gasteiger partial charge in [-0.3, -0.25) is 14.5 Å². The Morgan fingerprint density at radius 1 is 1.79 bits per heavy atom. The number of carboxylic acid groups (broad SMARTS) is 1. The maximum absolute atomic E-state index is 11.3. The molecule has 0 spiro atoms. The molecule has 2 aliphatic rings. The van der Waals surface area contributed by atoms with Gasteiger partial charge in [-0.25, -0.2) is 0 Å². The van der Waals surface area contributed by atoms with E-state index in [9.17, 15) is 9.59 Å². The molecule has 2 aliphatic heterocycles. The van der Waals surface area contributed by atoms with E-state index in [1.807, 2.05) is 0 Å². The van der Waals surface area contributed by atoms with Gasteiger partial charge in [-0.15, -0.1) is 11.8 Å². The molecule has 2 unspecified atom stereocenters. The highest BCUT2D eigenvalue weighted by Gasteiger charge is 2.61. The second-order valence-corrected chi connectivity index (χ2v) is 5.06. The summed E-state index contributed by atoms with van der Waals surface area (Å²) >= 11 is 1.17. The molecule has 2 heterocycles. The molecule has 2 saturated heterocycles. The highest BCUT2D eigenvalue weighted by atomic mass is 32.2. The average Bonchev–Trinajstić information content (AvgIpc) is 2.38. The zero-order valence-electron chi connectivity index (χ0n) is 7.56. The molecule has 0 aromatic carbocycles. The molecule has 6 heteroatoms.